The minimum absolute atomic E-state index is 0.0126. The van der Waals surface area contributed by atoms with E-state index in [0.29, 0.717) is 5.56 Å². The molecule has 1 saturated heterocycles. The molecule has 0 aliphatic carbocycles. The van der Waals surface area contributed by atoms with Gasteiger partial charge in [0.1, 0.15) is 0 Å². The maximum Gasteiger partial charge on any atom is 0.254 e. The SMILES string of the molecule is CS(=O)(=O)c1ccc(C(=O)N2CCCCCC2CBr)cc1. The Balaban J connectivity index is 2.22. The van der Waals surface area contributed by atoms with Crippen molar-refractivity contribution in [1.29, 1.82) is 0 Å². The van der Waals surface area contributed by atoms with E-state index in [1.54, 1.807) is 12.1 Å². The molecule has 1 amide bonds. The van der Waals surface area contributed by atoms with Crippen molar-refractivity contribution in [2.45, 2.75) is 36.6 Å². The number of rotatable bonds is 3. The van der Waals surface area contributed by atoms with Crippen LogP contribution in [-0.4, -0.2) is 43.4 Å². The summed E-state index contributed by atoms with van der Waals surface area (Å²) >= 11 is 3.49. The van der Waals surface area contributed by atoms with Crippen LogP contribution in [0.15, 0.2) is 29.2 Å². The molecular weight excluding hydrogens is 354 g/mol. The van der Waals surface area contributed by atoms with Crippen molar-refractivity contribution in [1.82, 2.24) is 4.90 Å². The molecule has 4 nitrogen and oxygen atoms in total. The van der Waals surface area contributed by atoms with Crippen molar-refractivity contribution >= 4 is 31.7 Å². The van der Waals surface area contributed by atoms with Crippen molar-refractivity contribution in [3.63, 3.8) is 0 Å². The molecule has 6 heteroatoms. The van der Waals surface area contributed by atoms with E-state index < -0.39 is 9.84 Å². The second-order valence-electron chi connectivity index (χ2n) is 5.45. The molecule has 0 spiro atoms. The third-order valence-corrected chi connectivity index (χ3v) is 5.72. The number of nitrogens with zero attached hydrogens (tertiary/aromatic N) is 1. The predicted molar refractivity (Wildman–Crippen MR) is 86.6 cm³/mol. The van der Waals surface area contributed by atoms with Crippen molar-refractivity contribution in [3.05, 3.63) is 29.8 Å². The number of alkyl halides is 1. The second kappa shape index (κ2) is 6.92. The molecule has 1 aromatic carbocycles. The molecule has 1 aliphatic heterocycles. The summed E-state index contributed by atoms with van der Waals surface area (Å²) in [4.78, 5) is 14.8. The average molecular weight is 374 g/mol. The minimum Gasteiger partial charge on any atom is -0.335 e. The summed E-state index contributed by atoms with van der Waals surface area (Å²) in [7, 11) is -3.22. The molecule has 1 heterocycles. The van der Waals surface area contributed by atoms with E-state index in [2.05, 4.69) is 15.9 Å². The van der Waals surface area contributed by atoms with Crippen molar-refractivity contribution in [2.75, 3.05) is 18.1 Å². The van der Waals surface area contributed by atoms with Gasteiger partial charge in [0.05, 0.1) is 4.90 Å². The zero-order valence-electron chi connectivity index (χ0n) is 12.1. The molecule has 0 aromatic heterocycles. The summed E-state index contributed by atoms with van der Waals surface area (Å²) in [5.41, 5.74) is 0.551. The Hall–Kier alpha value is -0.880. The Morgan fingerprint density at radius 3 is 2.48 bits per heavy atom. The molecule has 0 radical (unpaired) electrons. The van der Waals surface area contributed by atoms with Crippen LogP contribution in [0, 0.1) is 0 Å². The van der Waals surface area contributed by atoms with Gasteiger partial charge in [-0.1, -0.05) is 28.8 Å². The van der Waals surface area contributed by atoms with Crippen LogP contribution in [0.2, 0.25) is 0 Å². The Labute approximate surface area is 134 Å². The molecule has 21 heavy (non-hydrogen) atoms. The van der Waals surface area contributed by atoms with Gasteiger partial charge in [-0.15, -0.1) is 0 Å². The second-order valence-corrected chi connectivity index (χ2v) is 8.12. The van der Waals surface area contributed by atoms with Crippen LogP contribution in [0.1, 0.15) is 36.0 Å². The van der Waals surface area contributed by atoms with E-state index in [1.165, 1.54) is 18.4 Å². The number of amides is 1. The number of carbonyl (C=O) groups is 1. The zero-order chi connectivity index (χ0) is 15.5. The number of hydrogen-bond donors (Lipinski definition) is 0. The van der Waals surface area contributed by atoms with E-state index in [9.17, 15) is 13.2 Å². The van der Waals surface area contributed by atoms with E-state index in [4.69, 9.17) is 0 Å². The summed E-state index contributed by atoms with van der Waals surface area (Å²) in [5.74, 6) is -0.0126. The summed E-state index contributed by atoms with van der Waals surface area (Å²) < 4.78 is 22.9. The van der Waals surface area contributed by atoms with Crippen molar-refractivity contribution in [3.8, 4) is 0 Å². The van der Waals surface area contributed by atoms with Gasteiger partial charge in [0.15, 0.2) is 9.84 Å². The average Bonchev–Trinajstić information content (AvgIpc) is 2.70. The number of hydrogen-bond acceptors (Lipinski definition) is 3. The lowest BCUT2D eigenvalue weighted by Crippen LogP contribution is -2.41. The van der Waals surface area contributed by atoms with Crippen LogP contribution in [-0.2, 0) is 9.84 Å². The molecule has 0 saturated carbocycles. The third kappa shape index (κ3) is 4.07. The fourth-order valence-electron chi connectivity index (χ4n) is 2.62. The molecule has 1 aliphatic rings. The largest absolute Gasteiger partial charge is 0.335 e. The lowest BCUT2D eigenvalue weighted by molar-refractivity contribution is 0.0702. The van der Waals surface area contributed by atoms with Crippen molar-refractivity contribution < 1.29 is 13.2 Å². The molecule has 1 unspecified atom stereocenters. The zero-order valence-corrected chi connectivity index (χ0v) is 14.5. The van der Waals surface area contributed by atoms with Crippen LogP contribution in [0.25, 0.3) is 0 Å². The highest BCUT2D eigenvalue weighted by Gasteiger charge is 2.25. The van der Waals surface area contributed by atoms with Gasteiger partial charge >= 0.3 is 0 Å². The van der Waals surface area contributed by atoms with Crippen LogP contribution >= 0.6 is 15.9 Å². The quantitative estimate of drug-likeness (QED) is 0.765. The molecule has 116 valence electrons. The highest BCUT2D eigenvalue weighted by atomic mass is 79.9. The fourth-order valence-corrected chi connectivity index (χ4v) is 3.92. The first kappa shape index (κ1) is 16.5. The lowest BCUT2D eigenvalue weighted by atomic mass is 10.1. The molecule has 1 aromatic rings. The van der Waals surface area contributed by atoms with Crippen LogP contribution in [0.4, 0.5) is 0 Å². The van der Waals surface area contributed by atoms with Crippen LogP contribution in [0.5, 0.6) is 0 Å². The van der Waals surface area contributed by atoms with Gasteiger partial charge < -0.3 is 4.90 Å². The molecular formula is C15H20BrNO3S. The topological polar surface area (TPSA) is 54.5 Å². The normalized spacial score (nSPS) is 20.1. The van der Waals surface area contributed by atoms with Gasteiger partial charge in [0.2, 0.25) is 0 Å². The number of sulfone groups is 1. The monoisotopic (exact) mass is 373 g/mol. The summed E-state index contributed by atoms with van der Waals surface area (Å²) in [6, 6.07) is 6.44. The maximum absolute atomic E-state index is 12.6. The van der Waals surface area contributed by atoms with Gasteiger partial charge in [-0.05, 0) is 37.1 Å². The lowest BCUT2D eigenvalue weighted by Gasteiger charge is -2.28. The maximum atomic E-state index is 12.6. The standard InChI is InChI=1S/C15H20BrNO3S/c1-21(19,20)14-8-6-12(7-9-14)15(18)17-10-4-2-3-5-13(17)11-16/h6-9,13H,2-5,10-11H2,1H3. The number of likely N-dealkylation sites (tertiary alicyclic amines) is 1. The molecule has 2 rings (SSSR count). The smallest absolute Gasteiger partial charge is 0.254 e. The molecule has 1 atom stereocenters. The Kier molecular flexibility index (Phi) is 5.43. The molecule has 1 fully saturated rings. The van der Waals surface area contributed by atoms with Gasteiger partial charge in [-0.2, -0.15) is 0 Å². The fraction of sp³-hybridized carbons (Fsp3) is 0.533. The van der Waals surface area contributed by atoms with E-state index >= 15 is 0 Å². The Bertz CT molecular complexity index is 598. The van der Waals surface area contributed by atoms with Gasteiger partial charge in [0, 0.05) is 29.7 Å². The number of halogens is 1. The first-order chi connectivity index (χ1) is 9.93. The first-order valence-electron chi connectivity index (χ1n) is 7.10. The summed E-state index contributed by atoms with van der Waals surface area (Å²) in [6.07, 6.45) is 5.50. The van der Waals surface area contributed by atoms with E-state index in [-0.39, 0.29) is 16.8 Å². The van der Waals surface area contributed by atoms with Gasteiger partial charge in [-0.25, -0.2) is 8.42 Å². The van der Waals surface area contributed by atoms with Gasteiger partial charge in [0.25, 0.3) is 5.91 Å². The van der Waals surface area contributed by atoms with E-state index in [0.717, 1.165) is 37.6 Å². The molecule has 0 bridgehead atoms. The van der Waals surface area contributed by atoms with Crippen LogP contribution in [0.3, 0.4) is 0 Å². The highest BCUT2D eigenvalue weighted by molar-refractivity contribution is 9.09. The van der Waals surface area contributed by atoms with Crippen molar-refractivity contribution in [2.24, 2.45) is 0 Å². The third-order valence-electron chi connectivity index (χ3n) is 3.85. The highest BCUT2D eigenvalue weighted by Crippen LogP contribution is 2.21. The van der Waals surface area contributed by atoms with Gasteiger partial charge in [-0.3, -0.25) is 4.79 Å². The number of carbonyl (C=O) groups excluding carboxylic acids is 1. The predicted octanol–water partition coefficient (Wildman–Crippen LogP) is 2.87. The first-order valence-corrected chi connectivity index (χ1v) is 10.1. The number of benzene rings is 1. The Morgan fingerprint density at radius 2 is 1.90 bits per heavy atom. The Morgan fingerprint density at radius 1 is 1.24 bits per heavy atom. The minimum atomic E-state index is -3.22. The van der Waals surface area contributed by atoms with E-state index in [1.807, 2.05) is 4.90 Å². The summed E-state index contributed by atoms with van der Waals surface area (Å²) in [5, 5.41) is 0.778. The van der Waals surface area contributed by atoms with Crippen LogP contribution < -0.4 is 0 Å². The summed E-state index contributed by atoms with van der Waals surface area (Å²) in [6.45, 7) is 0.767. The molecule has 0 N–H and O–H groups in total.